The number of likely N-dealkylation sites (tertiary alicyclic amines) is 1. The number of nitrogens with zero attached hydrogens (tertiary/aromatic N) is 1. The molecule has 2 heteroatoms. The maximum Gasteiger partial charge on any atom is 0.00669 e. The van der Waals surface area contributed by atoms with Gasteiger partial charge in [0, 0.05) is 6.04 Å². The second-order valence-electron chi connectivity index (χ2n) is 3.88. The van der Waals surface area contributed by atoms with E-state index in [1.54, 1.807) is 0 Å². The van der Waals surface area contributed by atoms with Gasteiger partial charge in [0.15, 0.2) is 0 Å². The SMILES string of the molecule is CC1CCCCCN1CCCN. The molecule has 2 N–H and O–H groups in total. The number of rotatable bonds is 3. The first-order chi connectivity index (χ1) is 5.84. The highest BCUT2D eigenvalue weighted by molar-refractivity contribution is 4.71. The molecule has 0 amide bonds. The number of hydrogen-bond acceptors (Lipinski definition) is 2. The Balaban J connectivity index is 2.26. The molecule has 72 valence electrons. The van der Waals surface area contributed by atoms with Crippen LogP contribution in [0.3, 0.4) is 0 Å². The van der Waals surface area contributed by atoms with Crippen molar-refractivity contribution in [2.75, 3.05) is 19.6 Å². The van der Waals surface area contributed by atoms with Gasteiger partial charge in [0.05, 0.1) is 0 Å². The van der Waals surface area contributed by atoms with Gasteiger partial charge >= 0.3 is 0 Å². The van der Waals surface area contributed by atoms with E-state index in [9.17, 15) is 0 Å². The monoisotopic (exact) mass is 170 g/mol. The lowest BCUT2D eigenvalue weighted by molar-refractivity contribution is 0.212. The lowest BCUT2D eigenvalue weighted by Gasteiger charge is -2.26. The fourth-order valence-corrected chi connectivity index (χ4v) is 1.96. The van der Waals surface area contributed by atoms with Gasteiger partial charge in [-0.15, -0.1) is 0 Å². The van der Waals surface area contributed by atoms with E-state index in [-0.39, 0.29) is 0 Å². The molecule has 2 nitrogen and oxygen atoms in total. The van der Waals surface area contributed by atoms with E-state index in [0.717, 1.165) is 19.0 Å². The third kappa shape index (κ3) is 3.11. The third-order valence-corrected chi connectivity index (χ3v) is 2.84. The average molecular weight is 170 g/mol. The molecule has 0 aromatic rings. The molecule has 1 rings (SSSR count). The Morgan fingerprint density at radius 2 is 2.17 bits per heavy atom. The summed E-state index contributed by atoms with van der Waals surface area (Å²) in [5.74, 6) is 0. The van der Waals surface area contributed by atoms with Gasteiger partial charge in [0.25, 0.3) is 0 Å². The maximum absolute atomic E-state index is 5.50. The van der Waals surface area contributed by atoms with Gasteiger partial charge in [0.2, 0.25) is 0 Å². The predicted molar refractivity (Wildman–Crippen MR) is 53.2 cm³/mol. The van der Waals surface area contributed by atoms with Crippen LogP contribution < -0.4 is 5.73 Å². The van der Waals surface area contributed by atoms with Crippen LogP contribution in [0.25, 0.3) is 0 Å². The average Bonchev–Trinajstić information content (AvgIpc) is 2.27. The number of nitrogens with two attached hydrogens (primary N) is 1. The summed E-state index contributed by atoms with van der Waals surface area (Å²) in [6.07, 6.45) is 6.76. The molecule has 0 saturated carbocycles. The Kier molecular flexibility index (Phi) is 4.62. The van der Waals surface area contributed by atoms with Gasteiger partial charge in [-0.3, -0.25) is 0 Å². The van der Waals surface area contributed by atoms with Crippen LogP contribution in [-0.2, 0) is 0 Å². The standard InChI is InChI=1S/C10H22N2/c1-10-6-3-2-4-8-12(10)9-5-7-11/h10H,2-9,11H2,1H3. The van der Waals surface area contributed by atoms with Crippen LogP contribution in [0.15, 0.2) is 0 Å². The summed E-state index contributed by atoms with van der Waals surface area (Å²) in [5, 5.41) is 0. The predicted octanol–water partition coefficient (Wildman–Crippen LogP) is 1.60. The molecular formula is C10H22N2. The molecule has 1 atom stereocenters. The second kappa shape index (κ2) is 5.55. The Morgan fingerprint density at radius 3 is 2.92 bits per heavy atom. The first kappa shape index (κ1) is 10.0. The maximum atomic E-state index is 5.50. The summed E-state index contributed by atoms with van der Waals surface area (Å²) in [6, 6.07) is 0.791. The van der Waals surface area contributed by atoms with Crippen LogP contribution in [0.4, 0.5) is 0 Å². The molecule has 1 heterocycles. The highest BCUT2D eigenvalue weighted by Crippen LogP contribution is 2.15. The zero-order valence-corrected chi connectivity index (χ0v) is 8.26. The van der Waals surface area contributed by atoms with Gasteiger partial charge in [-0.1, -0.05) is 12.8 Å². The Hall–Kier alpha value is -0.0800. The van der Waals surface area contributed by atoms with Crippen molar-refractivity contribution >= 4 is 0 Å². The summed E-state index contributed by atoms with van der Waals surface area (Å²) in [5.41, 5.74) is 5.50. The normalized spacial score (nSPS) is 27.0. The molecule has 12 heavy (non-hydrogen) atoms. The van der Waals surface area contributed by atoms with Gasteiger partial charge in [-0.2, -0.15) is 0 Å². The minimum atomic E-state index is 0.791. The van der Waals surface area contributed by atoms with Crippen LogP contribution >= 0.6 is 0 Å². The summed E-state index contributed by atoms with van der Waals surface area (Å²) in [7, 11) is 0. The highest BCUT2D eigenvalue weighted by Gasteiger charge is 2.15. The summed E-state index contributed by atoms with van der Waals surface area (Å²) in [4.78, 5) is 2.60. The van der Waals surface area contributed by atoms with Crippen molar-refractivity contribution in [1.82, 2.24) is 4.90 Å². The van der Waals surface area contributed by atoms with Crippen molar-refractivity contribution in [2.45, 2.75) is 45.1 Å². The van der Waals surface area contributed by atoms with Crippen LogP contribution in [0.1, 0.15) is 39.0 Å². The van der Waals surface area contributed by atoms with E-state index in [0.29, 0.717) is 0 Å². The minimum Gasteiger partial charge on any atom is -0.330 e. The molecule has 1 saturated heterocycles. The molecule has 1 aliphatic rings. The summed E-state index contributed by atoms with van der Waals surface area (Å²) in [6.45, 7) is 5.68. The number of hydrogen-bond donors (Lipinski definition) is 1. The molecular weight excluding hydrogens is 148 g/mol. The van der Waals surface area contributed by atoms with E-state index >= 15 is 0 Å². The van der Waals surface area contributed by atoms with E-state index in [1.807, 2.05) is 0 Å². The minimum absolute atomic E-state index is 0.791. The third-order valence-electron chi connectivity index (χ3n) is 2.84. The second-order valence-corrected chi connectivity index (χ2v) is 3.88. The van der Waals surface area contributed by atoms with Crippen molar-refractivity contribution in [3.05, 3.63) is 0 Å². The molecule has 0 radical (unpaired) electrons. The molecule has 0 spiro atoms. The van der Waals surface area contributed by atoms with Gasteiger partial charge in [-0.05, 0) is 45.8 Å². The van der Waals surface area contributed by atoms with Crippen molar-refractivity contribution in [3.8, 4) is 0 Å². The van der Waals surface area contributed by atoms with Crippen LogP contribution in [0, 0.1) is 0 Å². The Morgan fingerprint density at radius 1 is 1.33 bits per heavy atom. The van der Waals surface area contributed by atoms with Crippen molar-refractivity contribution in [3.63, 3.8) is 0 Å². The first-order valence-corrected chi connectivity index (χ1v) is 5.28. The molecule has 0 bridgehead atoms. The van der Waals surface area contributed by atoms with Crippen molar-refractivity contribution in [1.29, 1.82) is 0 Å². The van der Waals surface area contributed by atoms with Crippen molar-refractivity contribution in [2.24, 2.45) is 5.73 Å². The summed E-state index contributed by atoms with van der Waals surface area (Å²) < 4.78 is 0. The van der Waals surface area contributed by atoms with Crippen LogP contribution in [0.5, 0.6) is 0 Å². The largest absolute Gasteiger partial charge is 0.330 e. The fourth-order valence-electron chi connectivity index (χ4n) is 1.96. The Bertz CT molecular complexity index is 114. The Labute approximate surface area is 76.1 Å². The van der Waals surface area contributed by atoms with Gasteiger partial charge in [0.1, 0.15) is 0 Å². The molecule has 1 aliphatic heterocycles. The van der Waals surface area contributed by atoms with E-state index < -0.39 is 0 Å². The molecule has 1 unspecified atom stereocenters. The molecule has 0 aromatic heterocycles. The van der Waals surface area contributed by atoms with Gasteiger partial charge in [-0.25, -0.2) is 0 Å². The van der Waals surface area contributed by atoms with E-state index in [2.05, 4.69) is 11.8 Å². The summed E-state index contributed by atoms with van der Waals surface area (Å²) >= 11 is 0. The molecule has 0 aliphatic carbocycles. The topological polar surface area (TPSA) is 29.3 Å². The first-order valence-electron chi connectivity index (χ1n) is 5.28. The zero-order chi connectivity index (χ0) is 8.81. The lowest BCUT2D eigenvalue weighted by Crippen LogP contribution is -2.34. The zero-order valence-electron chi connectivity index (χ0n) is 8.26. The van der Waals surface area contributed by atoms with Crippen LogP contribution in [0.2, 0.25) is 0 Å². The lowest BCUT2D eigenvalue weighted by atomic mass is 10.1. The quantitative estimate of drug-likeness (QED) is 0.697. The van der Waals surface area contributed by atoms with E-state index in [1.165, 1.54) is 38.8 Å². The van der Waals surface area contributed by atoms with Gasteiger partial charge < -0.3 is 10.6 Å². The highest BCUT2D eigenvalue weighted by atomic mass is 15.1. The fraction of sp³-hybridized carbons (Fsp3) is 1.00. The van der Waals surface area contributed by atoms with Crippen LogP contribution in [-0.4, -0.2) is 30.6 Å². The molecule has 0 aromatic carbocycles. The van der Waals surface area contributed by atoms with Crippen molar-refractivity contribution < 1.29 is 0 Å². The van der Waals surface area contributed by atoms with E-state index in [4.69, 9.17) is 5.73 Å². The smallest absolute Gasteiger partial charge is 0.00669 e. The molecule has 1 fully saturated rings.